The van der Waals surface area contributed by atoms with Crippen molar-refractivity contribution >= 4 is 15.9 Å². The van der Waals surface area contributed by atoms with E-state index in [4.69, 9.17) is 0 Å². The molecule has 0 saturated heterocycles. The highest BCUT2D eigenvalue weighted by molar-refractivity contribution is 9.10. The Kier molecular flexibility index (Phi) is 3.09. The molecule has 3 heteroatoms. The van der Waals surface area contributed by atoms with Crippen LogP contribution in [-0.4, -0.2) is 5.11 Å². The van der Waals surface area contributed by atoms with E-state index in [2.05, 4.69) is 22.5 Å². The van der Waals surface area contributed by atoms with Crippen LogP contribution in [0.25, 0.3) is 0 Å². The second kappa shape index (κ2) is 3.92. The lowest BCUT2D eigenvalue weighted by molar-refractivity contribution is 0.457. The molecule has 1 nitrogen and oxygen atoms in total. The van der Waals surface area contributed by atoms with Crippen LogP contribution in [0.1, 0.15) is 12.5 Å². The van der Waals surface area contributed by atoms with Crippen molar-refractivity contribution in [1.82, 2.24) is 0 Å². The van der Waals surface area contributed by atoms with E-state index in [9.17, 15) is 9.50 Å². The molecule has 0 bridgehead atoms. The monoisotopic (exact) mass is 244 g/mol. The number of rotatable bonds is 2. The van der Waals surface area contributed by atoms with Crippen LogP contribution in [0.2, 0.25) is 0 Å². The topological polar surface area (TPSA) is 20.2 Å². The van der Waals surface area contributed by atoms with Gasteiger partial charge in [0.2, 0.25) is 0 Å². The molecule has 0 radical (unpaired) electrons. The fourth-order valence-electron chi connectivity index (χ4n) is 1.05. The summed E-state index contributed by atoms with van der Waals surface area (Å²) in [5.74, 6) is -0.438. The molecule has 0 saturated carbocycles. The maximum atomic E-state index is 13.2. The van der Waals surface area contributed by atoms with E-state index in [1.54, 1.807) is 6.92 Å². The minimum absolute atomic E-state index is 0.0389. The third-order valence-electron chi connectivity index (χ3n) is 1.65. The minimum atomic E-state index is -0.399. The highest BCUT2D eigenvalue weighted by Crippen LogP contribution is 2.30. The van der Waals surface area contributed by atoms with Crippen molar-refractivity contribution in [2.45, 2.75) is 13.3 Å². The summed E-state index contributed by atoms with van der Waals surface area (Å²) in [7, 11) is 0. The Balaban J connectivity index is 3.17. The van der Waals surface area contributed by atoms with Gasteiger partial charge in [-0.15, -0.1) is 0 Å². The summed E-state index contributed by atoms with van der Waals surface area (Å²) in [6.07, 6.45) is 0.358. The first-order chi connectivity index (χ1) is 6.02. The Morgan fingerprint density at radius 3 is 2.77 bits per heavy atom. The number of phenols is 1. The average Bonchev–Trinajstić information content (AvgIpc) is 2.05. The molecule has 0 unspecified atom stereocenters. The van der Waals surface area contributed by atoms with Gasteiger partial charge in [0.15, 0.2) is 0 Å². The van der Waals surface area contributed by atoms with Crippen molar-refractivity contribution in [3.05, 3.63) is 40.1 Å². The summed E-state index contributed by atoms with van der Waals surface area (Å²) in [5.41, 5.74) is 1.11. The third-order valence-corrected chi connectivity index (χ3v) is 2.29. The lowest BCUT2D eigenvalue weighted by Crippen LogP contribution is -1.92. The van der Waals surface area contributed by atoms with Crippen molar-refractivity contribution in [3.8, 4) is 5.75 Å². The number of hydrogen-bond acceptors (Lipinski definition) is 1. The molecular formula is C10H10BrFO. The van der Waals surface area contributed by atoms with E-state index in [1.807, 2.05) is 0 Å². The van der Waals surface area contributed by atoms with Gasteiger partial charge in [0.1, 0.15) is 11.6 Å². The quantitative estimate of drug-likeness (QED) is 0.791. The molecule has 13 heavy (non-hydrogen) atoms. The summed E-state index contributed by atoms with van der Waals surface area (Å²) >= 11 is 3.12. The molecule has 0 spiro atoms. The van der Waals surface area contributed by atoms with Crippen molar-refractivity contribution < 1.29 is 9.50 Å². The van der Waals surface area contributed by atoms with Gasteiger partial charge in [0.05, 0.1) is 4.47 Å². The zero-order valence-corrected chi connectivity index (χ0v) is 8.86. The smallest absolute Gasteiger partial charge is 0.136 e. The van der Waals surface area contributed by atoms with Crippen LogP contribution in [0.5, 0.6) is 5.75 Å². The van der Waals surface area contributed by atoms with Gasteiger partial charge in [-0.05, 0) is 41.4 Å². The Morgan fingerprint density at radius 2 is 2.23 bits per heavy atom. The van der Waals surface area contributed by atoms with Crippen molar-refractivity contribution in [3.63, 3.8) is 0 Å². The molecule has 1 aromatic carbocycles. The second-order valence-corrected chi connectivity index (χ2v) is 3.84. The van der Waals surface area contributed by atoms with Gasteiger partial charge in [-0.3, -0.25) is 0 Å². The van der Waals surface area contributed by atoms with Gasteiger partial charge in [-0.2, -0.15) is 0 Å². The fourth-order valence-corrected chi connectivity index (χ4v) is 1.42. The van der Waals surface area contributed by atoms with Gasteiger partial charge < -0.3 is 5.11 Å². The first-order valence-electron chi connectivity index (χ1n) is 3.82. The molecule has 0 amide bonds. The Hall–Kier alpha value is -0.830. The molecule has 1 N–H and O–H groups in total. The van der Waals surface area contributed by atoms with Crippen molar-refractivity contribution in [2.24, 2.45) is 0 Å². The van der Waals surface area contributed by atoms with Crippen LogP contribution in [0, 0.1) is 5.82 Å². The van der Waals surface area contributed by atoms with Crippen LogP contribution < -0.4 is 0 Å². The van der Waals surface area contributed by atoms with Crippen LogP contribution in [0.15, 0.2) is 28.8 Å². The summed E-state index contributed by atoms with van der Waals surface area (Å²) in [6, 6.07) is 2.80. The summed E-state index contributed by atoms with van der Waals surface area (Å²) in [6.45, 7) is 5.46. The van der Waals surface area contributed by atoms with Crippen molar-refractivity contribution in [2.75, 3.05) is 0 Å². The maximum absolute atomic E-state index is 13.2. The predicted molar refractivity (Wildman–Crippen MR) is 54.3 cm³/mol. The molecule has 0 aliphatic heterocycles. The Morgan fingerprint density at radius 1 is 1.62 bits per heavy atom. The maximum Gasteiger partial charge on any atom is 0.136 e. The number of aromatic hydroxyl groups is 1. The van der Waals surface area contributed by atoms with E-state index in [-0.39, 0.29) is 5.75 Å². The highest BCUT2D eigenvalue weighted by Gasteiger charge is 2.10. The molecular weight excluding hydrogens is 235 g/mol. The molecule has 0 aliphatic rings. The molecule has 0 fully saturated rings. The largest absolute Gasteiger partial charge is 0.506 e. The molecule has 70 valence electrons. The average molecular weight is 245 g/mol. The molecule has 0 aliphatic carbocycles. The molecule has 0 aromatic heterocycles. The van der Waals surface area contributed by atoms with Gasteiger partial charge in [0, 0.05) is 5.56 Å². The SMILES string of the molecule is C=C(C)Cc1c(F)ccc(Br)c1O. The normalized spacial score (nSPS) is 10.1. The zero-order chi connectivity index (χ0) is 10.0. The predicted octanol–water partition coefficient (Wildman–Crippen LogP) is 3.41. The minimum Gasteiger partial charge on any atom is -0.506 e. The first-order valence-corrected chi connectivity index (χ1v) is 4.62. The Bertz CT molecular complexity index is 347. The van der Waals surface area contributed by atoms with Crippen LogP contribution in [0.3, 0.4) is 0 Å². The number of halogens is 2. The number of hydrogen-bond donors (Lipinski definition) is 1. The summed E-state index contributed by atoms with van der Waals surface area (Å²) < 4.78 is 13.7. The number of allylic oxidation sites excluding steroid dienone is 1. The molecule has 0 atom stereocenters. The third kappa shape index (κ3) is 2.31. The number of benzene rings is 1. The lowest BCUT2D eigenvalue weighted by atomic mass is 10.1. The van der Waals surface area contributed by atoms with E-state index < -0.39 is 5.82 Å². The van der Waals surface area contributed by atoms with E-state index in [0.717, 1.165) is 5.57 Å². The van der Waals surface area contributed by atoms with Gasteiger partial charge in [-0.1, -0.05) is 12.2 Å². The molecule has 1 aromatic rings. The highest BCUT2D eigenvalue weighted by atomic mass is 79.9. The van der Waals surface area contributed by atoms with Crippen molar-refractivity contribution in [1.29, 1.82) is 0 Å². The molecule has 1 rings (SSSR count). The van der Waals surface area contributed by atoms with Gasteiger partial charge >= 0.3 is 0 Å². The van der Waals surface area contributed by atoms with E-state index >= 15 is 0 Å². The van der Waals surface area contributed by atoms with Gasteiger partial charge in [0.25, 0.3) is 0 Å². The number of phenolic OH excluding ortho intramolecular Hbond substituents is 1. The first kappa shape index (κ1) is 10.3. The summed E-state index contributed by atoms with van der Waals surface area (Å²) in [5, 5.41) is 9.50. The van der Waals surface area contributed by atoms with Crippen LogP contribution >= 0.6 is 15.9 Å². The Labute approximate surface area is 85.0 Å². The summed E-state index contributed by atoms with van der Waals surface area (Å²) in [4.78, 5) is 0. The standard InChI is InChI=1S/C10H10BrFO/c1-6(2)5-7-9(12)4-3-8(11)10(7)13/h3-4,13H,1,5H2,2H3. The van der Waals surface area contributed by atoms with E-state index in [0.29, 0.717) is 16.5 Å². The zero-order valence-electron chi connectivity index (χ0n) is 7.27. The lowest BCUT2D eigenvalue weighted by Gasteiger charge is -2.06. The van der Waals surface area contributed by atoms with Gasteiger partial charge in [-0.25, -0.2) is 4.39 Å². The molecule has 0 heterocycles. The second-order valence-electron chi connectivity index (χ2n) is 2.99. The van der Waals surface area contributed by atoms with Crippen LogP contribution in [0.4, 0.5) is 4.39 Å². The van der Waals surface area contributed by atoms with Crippen LogP contribution in [-0.2, 0) is 6.42 Å². The van der Waals surface area contributed by atoms with E-state index in [1.165, 1.54) is 12.1 Å². The fraction of sp³-hybridized carbons (Fsp3) is 0.200.